The van der Waals surface area contributed by atoms with Gasteiger partial charge < -0.3 is 24.8 Å². The SMILES string of the molecule is C=C(C)c1cccc(C(C)(C)NC(=O)OCCCCOCCCCOC(=O)NC(C)(C)c2cccc(C(=C)C)c2)c1. The zero-order chi connectivity index (χ0) is 30.5. The quantitative estimate of drug-likeness (QED) is 0.202. The van der Waals surface area contributed by atoms with E-state index in [0.29, 0.717) is 39.3 Å². The fourth-order valence-electron chi connectivity index (χ4n) is 4.12. The number of hydrogen-bond donors (Lipinski definition) is 2. The van der Waals surface area contributed by atoms with Gasteiger partial charge >= 0.3 is 12.2 Å². The van der Waals surface area contributed by atoms with Gasteiger partial charge in [-0.25, -0.2) is 9.59 Å². The Balaban J connectivity index is 1.53. The standard InChI is InChI=1S/C34H48N2O5/c1-25(2)27-15-13-17-29(23-27)33(5,6)35-31(37)40-21-11-9-19-39-20-10-12-22-41-32(38)36-34(7,8)30-18-14-16-28(24-30)26(3)4/h13-18,23-24H,1,3,9-12,19-22H2,2,4-8H3,(H,35,37)(H,36,38). The third-order valence-corrected chi connectivity index (χ3v) is 6.82. The summed E-state index contributed by atoms with van der Waals surface area (Å²) in [5.41, 5.74) is 4.89. The number of hydrogen-bond acceptors (Lipinski definition) is 5. The van der Waals surface area contributed by atoms with Crippen LogP contribution >= 0.6 is 0 Å². The summed E-state index contributed by atoms with van der Waals surface area (Å²) in [6, 6.07) is 16.0. The topological polar surface area (TPSA) is 85.9 Å². The number of carbonyl (C=O) groups is 2. The maximum atomic E-state index is 12.3. The first kappa shape index (κ1) is 33.6. The lowest BCUT2D eigenvalue weighted by Crippen LogP contribution is -2.41. The summed E-state index contributed by atoms with van der Waals surface area (Å²) in [6.07, 6.45) is 2.13. The van der Waals surface area contributed by atoms with E-state index >= 15 is 0 Å². The average molecular weight is 565 g/mol. The Morgan fingerprint density at radius 3 is 1.39 bits per heavy atom. The summed E-state index contributed by atoms with van der Waals surface area (Å²) < 4.78 is 16.4. The van der Waals surface area contributed by atoms with Gasteiger partial charge in [-0.15, -0.1) is 0 Å². The van der Waals surface area contributed by atoms with Crippen LogP contribution < -0.4 is 10.6 Å². The monoisotopic (exact) mass is 564 g/mol. The lowest BCUT2D eigenvalue weighted by Gasteiger charge is -2.27. The molecule has 0 saturated carbocycles. The smallest absolute Gasteiger partial charge is 0.407 e. The molecule has 0 aliphatic rings. The minimum atomic E-state index is -0.567. The summed E-state index contributed by atoms with van der Waals surface area (Å²) in [6.45, 7) is 21.5. The van der Waals surface area contributed by atoms with Gasteiger partial charge in [-0.2, -0.15) is 0 Å². The molecule has 7 heteroatoms. The van der Waals surface area contributed by atoms with E-state index in [9.17, 15) is 9.59 Å². The number of ether oxygens (including phenoxy) is 3. The first-order valence-corrected chi connectivity index (χ1v) is 14.3. The second kappa shape index (κ2) is 16.0. The van der Waals surface area contributed by atoms with E-state index in [1.807, 2.05) is 90.1 Å². The Kier molecular flexibility index (Phi) is 13.1. The van der Waals surface area contributed by atoms with Gasteiger partial charge in [-0.1, -0.05) is 60.7 Å². The number of benzene rings is 2. The maximum Gasteiger partial charge on any atom is 0.407 e. The fraction of sp³-hybridized carbons (Fsp3) is 0.471. The molecule has 224 valence electrons. The van der Waals surface area contributed by atoms with Gasteiger partial charge in [0.25, 0.3) is 0 Å². The number of nitrogens with one attached hydrogen (secondary N) is 2. The maximum absolute atomic E-state index is 12.3. The molecule has 41 heavy (non-hydrogen) atoms. The van der Waals surface area contributed by atoms with Crippen molar-refractivity contribution >= 4 is 23.3 Å². The van der Waals surface area contributed by atoms with Gasteiger partial charge in [0, 0.05) is 13.2 Å². The molecule has 2 aromatic carbocycles. The Morgan fingerprint density at radius 2 is 1.02 bits per heavy atom. The molecule has 0 saturated heterocycles. The molecule has 0 aromatic heterocycles. The second-order valence-electron chi connectivity index (χ2n) is 11.5. The van der Waals surface area contributed by atoms with E-state index in [4.69, 9.17) is 14.2 Å². The van der Waals surface area contributed by atoms with Gasteiger partial charge in [0.05, 0.1) is 24.3 Å². The first-order chi connectivity index (χ1) is 19.3. The van der Waals surface area contributed by atoms with E-state index in [-0.39, 0.29) is 0 Å². The largest absolute Gasteiger partial charge is 0.450 e. The molecular weight excluding hydrogens is 516 g/mol. The highest BCUT2D eigenvalue weighted by Crippen LogP contribution is 2.25. The van der Waals surface area contributed by atoms with Crippen LogP contribution in [0.2, 0.25) is 0 Å². The lowest BCUT2D eigenvalue weighted by atomic mass is 9.92. The Bertz CT molecular complexity index is 1090. The van der Waals surface area contributed by atoms with E-state index in [1.54, 1.807) is 0 Å². The summed E-state index contributed by atoms with van der Waals surface area (Å²) in [5.74, 6) is 0. The van der Waals surface area contributed by atoms with E-state index in [0.717, 1.165) is 46.2 Å². The molecule has 0 heterocycles. The number of amides is 2. The molecule has 0 aliphatic carbocycles. The van der Waals surface area contributed by atoms with E-state index < -0.39 is 23.3 Å². The van der Waals surface area contributed by atoms with Gasteiger partial charge in [0.1, 0.15) is 0 Å². The van der Waals surface area contributed by atoms with Crippen LogP contribution in [0.1, 0.15) is 89.5 Å². The van der Waals surface area contributed by atoms with Crippen LogP contribution in [-0.2, 0) is 25.3 Å². The van der Waals surface area contributed by atoms with Gasteiger partial charge in [0.15, 0.2) is 0 Å². The molecule has 0 radical (unpaired) electrons. The number of carbonyl (C=O) groups excluding carboxylic acids is 2. The highest BCUT2D eigenvalue weighted by atomic mass is 16.6. The Morgan fingerprint density at radius 1 is 0.659 bits per heavy atom. The third kappa shape index (κ3) is 11.8. The minimum Gasteiger partial charge on any atom is -0.450 e. The van der Waals surface area contributed by atoms with Crippen LogP contribution in [0.3, 0.4) is 0 Å². The number of unbranched alkanes of at least 4 members (excludes halogenated alkanes) is 2. The van der Waals surface area contributed by atoms with Crippen molar-refractivity contribution in [2.24, 2.45) is 0 Å². The van der Waals surface area contributed by atoms with E-state index in [2.05, 4.69) is 23.8 Å². The van der Waals surface area contributed by atoms with Crippen LogP contribution in [0.5, 0.6) is 0 Å². The van der Waals surface area contributed by atoms with Crippen molar-refractivity contribution in [3.05, 3.63) is 83.9 Å². The minimum absolute atomic E-state index is 0.327. The third-order valence-electron chi connectivity index (χ3n) is 6.82. The number of alkyl carbamates (subject to hydrolysis) is 2. The normalized spacial score (nSPS) is 11.5. The van der Waals surface area contributed by atoms with Crippen LogP contribution in [0.4, 0.5) is 9.59 Å². The molecule has 7 nitrogen and oxygen atoms in total. The van der Waals surface area contributed by atoms with Gasteiger partial charge in [-0.3, -0.25) is 0 Å². The molecule has 2 N–H and O–H groups in total. The van der Waals surface area contributed by atoms with Crippen molar-refractivity contribution in [1.82, 2.24) is 10.6 Å². The summed E-state index contributed by atoms with van der Waals surface area (Å²) >= 11 is 0. The zero-order valence-electron chi connectivity index (χ0n) is 25.7. The van der Waals surface area contributed by atoms with Crippen LogP contribution in [0.25, 0.3) is 11.1 Å². The first-order valence-electron chi connectivity index (χ1n) is 14.3. The number of allylic oxidation sites excluding steroid dienone is 2. The van der Waals surface area contributed by atoms with E-state index in [1.165, 1.54) is 0 Å². The Hall–Kier alpha value is -3.58. The van der Waals surface area contributed by atoms with Crippen molar-refractivity contribution in [3.63, 3.8) is 0 Å². The van der Waals surface area contributed by atoms with Gasteiger partial charge in [0.2, 0.25) is 0 Å². The second-order valence-corrected chi connectivity index (χ2v) is 11.5. The molecule has 0 unspecified atom stereocenters. The molecule has 2 rings (SSSR count). The molecule has 0 spiro atoms. The number of rotatable bonds is 16. The molecule has 0 bridgehead atoms. The predicted octanol–water partition coefficient (Wildman–Crippen LogP) is 7.95. The van der Waals surface area contributed by atoms with Crippen molar-refractivity contribution in [1.29, 1.82) is 0 Å². The summed E-state index contributed by atoms with van der Waals surface area (Å²) in [4.78, 5) is 24.6. The molecule has 0 aliphatic heterocycles. The van der Waals surface area contributed by atoms with Crippen molar-refractivity contribution in [2.75, 3.05) is 26.4 Å². The molecule has 0 atom stereocenters. The fourth-order valence-corrected chi connectivity index (χ4v) is 4.12. The highest BCUT2D eigenvalue weighted by Gasteiger charge is 2.25. The van der Waals surface area contributed by atoms with Crippen LogP contribution in [-0.4, -0.2) is 38.6 Å². The molecule has 2 amide bonds. The zero-order valence-corrected chi connectivity index (χ0v) is 25.7. The molecule has 0 fully saturated rings. The lowest BCUT2D eigenvalue weighted by molar-refractivity contribution is 0.102. The summed E-state index contributed by atoms with van der Waals surface area (Å²) in [5, 5.41) is 5.88. The Labute approximate surface area is 246 Å². The average Bonchev–Trinajstić information content (AvgIpc) is 2.91. The van der Waals surface area contributed by atoms with Crippen LogP contribution in [0.15, 0.2) is 61.7 Å². The van der Waals surface area contributed by atoms with Gasteiger partial charge in [-0.05, 0) is 102 Å². The summed E-state index contributed by atoms with van der Waals surface area (Å²) in [7, 11) is 0. The van der Waals surface area contributed by atoms with Crippen molar-refractivity contribution < 1.29 is 23.8 Å². The molecule has 2 aromatic rings. The van der Waals surface area contributed by atoms with Crippen LogP contribution in [0, 0.1) is 0 Å². The predicted molar refractivity (Wildman–Crippen MR) is 167 cm³/mol. The van der Waals surface area contributed by atoms with Crippen molar-refractivity contribution in [3.8, 4) is 0 Å². The highest BCUT2D eigenvalue weighted by molar-refractivity contribution is 5.70. The molecular formula is C34H48N2O5. The van der Waals surface area contributed by atoms with Crippen molar-refractivity contribution in [2.45, 2.75) is 78.3 Å².